The van der Waals surface area contributed by atoms with Gasteiger partial charge in [0.1, 0.15) is 6.54 Å². The van der Waals surface area contributed by atoms with E-state index in [0.29, 0.717) is 5.56 Å². The van der Waals surface area contributed by atoms with Crippen LogP contribution in [0.15, 0.2) is 29.2 Å². The summed E-state index contributed by atoms with van der Waals surface area (Å²) in [5.74, 6) is -0.641. The van der Waals surface area contributed by atoms with E-state index in [0.717, 1.165) is 4.31 Å². The van der Waals surface area contributed by atoms with Gasteiger partial charge in [-0.25, -0.2) is 8.42 Å². The van der Waals surface area contributed by atoms with Gasteiger partial charge in [0, 0.05) is 7.05 Å². The van der Waals surface area contributed by atoms with Crippen molar-refractivity contribution in [2.75, 3.05) is 20.7 Å². The number of carbonyl (C=O) groups is 1. The standard InChI is InChI=1S/C12H17NO5S/c1-9(14)10-5-4-6-11(7-10)19(16,17)13(2)8-12(15)18-3/h4-7,9,14H,8H2,1-3H3. The third-order valence-corrected chi connectivity index (χ3v) is 4.43. The van der Waals surface area contributed by atoms with Crippen LogP contribution >= 0.6 is 0 Å². The summed E-state index contributed by atoms with van der Waals surface area (Å²) in [7, 11) is -1.29. The van der Waals surface area contributed by atoms with E-state index >= 15 is 0 Å². The smallest absolute Gasteiger partial charge is 0.321 e. The summed E-state index contributed by atoms with van der Waals surface area (Å²) in [5, 5.41) is 9.45. The highest BCUT2D eigenvalue weighted by atomic mass is 32.2. The van der Waals surface area contributed by atoms with Gasteiger partial charge < -0.3 is 9.84 Å². The van der Waals surface area contributed by atoms with Gasteiger partial charge in [-0.2, -0.15) is 4.31 Å². The SMILES string of the molecule is COC(=O)CN(C)S(=O)(=O)c1cccc(C(C)O)c1. The molecule has 0 aliphatic heterocycles. The van der Waals surface area contributed by atoms with Crippen LogP contribution in [0.3, 0.4) is 0 Å². The molecule has 19 heavy (non-hydrogen) atoms. The Kier molecular flexibility index (Phi) is 5.04. The number of hydrogen-bond donors (Lipinski definition) is 1. The molecule has 1 N–H and O–H groups in total. The molecule has 0 heterocycles. The van der Waals surface area contributed by atoms with Crippen molar-refractivity contribution >= 4 is 16.0 Å². The lowest BCUT2D eigenvalue weighted by Gasteiger charge is -2.16. The quantitative estimate of drug-likeness (QED) is 0.799. The number of methoxy groups -OCH3 is 1. The number of aliphatic hydroxyl groups excluding tert-OH is 1. The van der Waals surface area contributed by atoms with E-state index < -0.39 is 22.1 Å². The highest BCUT2D eigenvalue weighted by Crippen LogP contribution is 2.19. The van der Waals surface area contributed by atoms with Crippen LogP contribution in [0, 0.1) is 0 Å². The highest BCUT2D eigenvalue weighted by Gasteiger charge is 2.23. The molecule has 106 valence electrons. The van der Waals surface area contributed by atoms with Gasteiger partial charge in [-0.3, -0.25) is 4.79 Å². The first-order valence-corrected chi connectivity index (χ1v) is 7.04. The Morgan fingerprint density at radius 1 is 1.47 bits per heavy atom. The second-order valence-corrected chi connectivity index (χ2v) is 6.13. The number of ether oxygens (including phenoxy) is 1. The number of rotatable bonds is 5. The second-order valence-electron chi connectivity index (χ2n) is 4.09. The summed E-state index contributed by atoms with van der Waals surface area (Å²) in [4.78, 5) is 11.1. The molecule has 0 radical (unpaired) electrons. The maximum absolute atomic E-state index is 12.2. The topological polar surface area (TPSA) is 83.9 Å². The van der Waals surface area contributed by atoms with Gasteiger partial charge in [-0.1, -0.05) is 12.1 Å². The molecule has 6 nitrogen and oxygen atoms in total. The number of nitrogens with zero attached hydrogens (tertiary/aromatic N) is 1. The minimum Gasteiger partial charge on any atom is -0.468 e. The Labute approximate surface area is 112 Å². The van der Waals surface area contributed by atoms with Gasteiger partial charge in [-0.05, 0) is 24.6 Å². The van der Waals surface area contributed by atoms with Crippen LogP contribution in [0.25, 0.3) is 0 Å². The molecule has 1 rings (SSSR count). The van der Waals surface area contributed by atoms with Gasteiger partial charge in [-0.15, -0.1) is 0 Å². The summed E-state index contributed by atoms with van der Waals surface area (Å²) < 4.78 is 29.7. The van der Waals surface area contributed by atoms with Crippen LogP contribution in [-0.2, 0) is 19.6 Å². The Hall–Kier alpha value is -1.44. The van der Waals surface area contributed by atoms with E-state index in [1.54, 1.807) is 19.1 Å². The molecule has 0 aliphatic carbocycles. The van der Waals surface area contributed by atoms with Crippen molar-refractivity contribution < 1.29 is 23.1 Å². The zero-order chi connectivity index (χ0) is 14.6. The lowest BCUT2D eigenvalue weighted by molar-refractivity contribution is -0.140. The number of sulfonamides is 1. The maximum Gasteiger partial charge on any atom is 0.321 e. The molecule has 1 aromatic rings. The first-order chi connectivity index (χ1) is 8.78. The van der Waals surface area contributed by atoms with E-state index in [2.05, 4.69) is 4.74 Å². The second kappa shape index (κ2) is 6.14. The summed E-state index contributed by atoms with van der Waals surface area (Å²) in [6, 6.07) is 5.97. The summed E-state index contributed by atoms with van der Waals surface area (Å²) in [6.45, 7) is 1.18. The molecular weight excluding hydrogens is 270 g/mol. The largest absolute Gasteiger partial charge is 0.468 e. The zero-order valence-electron chi connectivity index (χ0n) is 11.0. The first-order valence-electron chi connectivity index (χ1n) is 5.60. The van der Waals surface area contributed by atoms with Gasteiger partial charge in [0.2, 0.25) is 10.0 Å². The van der Waals surface area contributed by atoms with E-state index in [1.807, 2.05) is 0 Å². The lowest BCUT2D eigenvalue weighted by Crippen LogP contribution is -2.32. The summed E-state index contributed by atoms with van der Waals surface area (Å²) in [5.41, 5.74) is 0.493. The van der Waals surface area contributed by atoms with Crippen molar-refractivity contribution in [3.05, 3.63) is 29.8 Å². The Balaban J connectivity index is 3.06. The molecule has 0 spiro atoms. The predicted molar refractivity (Wildman–Crippen MR) is 68.9 cm³/mol. The van der Waals surface area contributed by atoms with Gasteiger partial charge >= 0.3 is 5.97 Å². The Morgan fingerprint density at radius 3 is 2.63 bits per heavy atom. The molecule has 1 aromatic carbocycles. The van der Waals surface area contributed by atoms with Crippen LogP contribution in [0.5, 0.6) is 0 Å². The van der Waals surface area contributed by atoms with E-state index in [9.17, 15) is 18.3 Å². The number of carbonyl (C=O) groups excluding carboxylic acids is 1. The molecule has 0 aliphatic rings. The average Bonchev–Trinajstić information content (AvgIpc) is 2.38. The van der Waals surface area contributed by atoms with E-state index in [4.69, 9.17) is 0 Å². The van der Waals surface area contributed by atoms with Crippen LogP contribution in [0.1, 0.15) is 18.6 Å². The fourth-order valence-electron chi connectivity index (χ4n) is 1.45. The first kappa shape index (κ1) is 15.6. The zero-order valence-corrected chi connectivity index (χ0v) is 11.8. The van der Waals surface area contributed by atoms with Crippen LogP contribution in [-0.4, -0.2) is 44.5 Å². The van der Waals surface area contributed by atoms with Crippen molar-refractivity contribution in [1.29, 1.82) is 0 Å². The Morgan fingerprint density at radius 2 is 2.11 bits per heavy atom. The number of esters is 1. The number of likely N-dealkylation sites (N-methyl/N-ethyl adjacent to an activating group) is 1. The van der Waals surface area contributed by atoms with Crippen LogP contribution < -0.4 is 0 Å². The summed E-state index contributed by atoms with van der Waals surface area (Å²) >= 11 is 0. The highest BCUT2D eigenvalue weighted by molar-refractivity contribution is 7.89. The van der Waals surface area contributed by atoms with Crippen molar-refractivity contribution in [3.8, 4) is 0 Å². The van der Waals surface area contributed by atoms with Gasteiger partial charge in [0.15, 0.2) is 0 Å². The molecule has 0 fully saturated rings. The van der Waals surface area contributed by atoms with Crippen molar-refractivity contribution in [2.24, 2.45) is 0 Å². The molecular formula is C12H17NO5S. The number of benzene rings is 1. The third kappa shape index (κ3) is 3.76. The Bertz CT molecular complexity index is 553. The molecule has 0 saturated heterocycles. The van der Waals surface area contributed by atoms with Crippen molar-refractivity contribution in [2.45, 2.75) is 17.9 Å². The predicted octanol–water partition coefficient (Wildman–Crippen LogP) is 0.533. The van der Waals surface area contributed by atoms with E-state index in [-0.39, 0.29) is 11.4 Å². The fourth-order valence-corrected chi connectivity index (χ4v) is 2.62. The average molecular weight is 287 g/mol. The van der Waals surface area contributed by atoms with Gasteiger partial charge in [0.25, 0.3) is 0 Å². The maximum atomic E-state index is 12.2. The van der Waals surface area contributed by atoms with Crippen molar-refractivity contribution in [1.82, 2.24) is 4.31 Å². The number of hydrogen-bond acceptors (Lipinski definition) is 5. The van der Waals surface area contributed by atoms with Crippen LogP contribution in [0.2, 0.25) is 0 Å². The van der Waals surface area contributed by atoms with E-state index in [1.165, 1.54) is 26.3 Å². The monoisotopic (exact) mass is 287 g/mol. The summed E-state index contributed by atoms with van der Waals surface area (Å²) in [6.07, 6.45) is -0.763. The molecule has 0 saturated carbocycles. The molecule has 1 unspecified atom stereocenters. The fraction of sp³-hybridized carbons (Fsp3) is 0.417. The minimum atomic E-state index is -3.78. The van der Waals surface area contributed by atoms with Gasteiger partial charge in [0.05, 0.1) is 18.1 Å². The normalized spacial score (nSPS) is 13.3. The minimum absolute atomic E-state index is 0.0253. The van der Waals surface area contributed by atoms with Crippen LogP contribution in [0.4, 0.5) is 0 Å². The molecule has 7 heteroatoms. The van der Waals surface area contributed by atoms with Crippen molar-refractivity contribution in [3.63, 3.8) is 0 Å². The molecule has 0 aromatic heterocycles. The lowest BCUT2D eigenvalue weighted by atomic mass is 10.1. The molecule has 0 bridgehead atoms. The number of aliphatic hydroxyl groups is 1. The molecule has 1 atom stereocenters. The molecule has 0 amide bonds. The third-order valence-electron chi connectivity index (χ3n) is 2.63.